The molecule has 0 bridgehead atoms. The van der Waals surface area contributed by atoms with Crippen molar-refractivity contribution in [2.45, 2.75) is 19.9 Å². The highest BCUT2D eigenvalue weighted by molar-refractivity contribution is 5.99. The summed E-state index contributed by atoms with van der Waals surface area (Å²) in [4.78, 5) is 17.0. The van der Waals surface area contributed by atoms with Crippen molar-refractivity contribution >= 4 is 11.6 Å². The van der Waals surface area contributed by atoms with Gasteiger partial charge in [-0.05, 0) is 36.2 Å². The Bertz CT molecular complexity index is 1240. The first kappa shape index (κ1) is 19.5. The topological polar surface area (TPSA) is 79.5 Å². The van der Waals surface area contributed by atoms with E-state index in [0.29, 0.717) is 16.8 Å². The number of aromatic nitrogens is 3. The molecule has 0 saturated heterocycles. The van der Waals surface area contributed by atoms with Crippen molar-refractivity contribution in [3.63, 3.8) is 0 Å². The lowest BCUT2D eigenvalue weighted by Gasteiger charge is -2.11. The Morgan fingerprint density at radius 1 is 1.13 bits per heavy atom. The van der Waals surface area contributed by atoms with E-state index in [1.165, 1.54) is 24.4 Å². The highest BCUT2D eigenvalue weighted by Crippen LogP contribution is 2.26. The third kappa shape index (κ3) is 3.71. The van der Waals surface area contributed by atoms with Crippen molar-refractivity contribution in [2.75, 3.05) is 0 Å². The summed E-state index contributed by atoms with van der Waals surface area (Å²) in [5.74, 6) is -1.35. The first-order valence-corrected chi connectivity index (χ1v) is 9.26. The quantitative estimate of drug-likeness (QED) is 0.529. The molecule has 4 rings (SSSR count). The number of nitrogens with zero attached hydrogens (tertiary/aromatic N) is 3. The molecule has 0 saturated carbocycles. The second kappa shape index (κ2) is 7.90. The Hall–Kier alpha value is -3.81. The molecule has 0 fully saturated rings. The fourth-order valence-corrected chi connectivity index (χ4v) is 3.20. The molecule has 0 aliphatic rings. The van der Waals surface area contributed by atoms with Crippen LogP contribution in [0.15, 0.2) is 54.7 Å². The van der Waals surface area contributed by atoms with Crippen LogP contribution >= 0.6 is 0 Å². The Balaban J connectivity index is 1.61. The van der Waals surface area contributed by atoms with Crippen LogP contribution in [0.3, 0.4) is 0 Å². The highest BCUT2D eigenvalue weighted by Gasteiger charge is 2.20. The second-order valence-corrected chi connectivity index (χ2v) is 6.87. The van der Waals surface area contributed by atoms with E-state index in [1.807, 2.05) is 0 Å². The van der Waals surface area contributed by atoms with E-state index in [0.717, 1.165) is 10.1 Å². The molecule has 4 aromatic rings. The van der Waals surface area contributed by atoms with E-state index in [-0.39, 0.29) is 41.7 Å². The Kier molecular flexibility index (Phi) is 5.14. The zero-order valence-electron chi connectivity index (χ0n) is 16.1. The van der Waals surface area contributed by atoms with Crippen LogP contribution < -0.4 is 5.32 Å². The van der Waals surface area contributed by atoms with Gasteiger partial charge in [0.15, 0.2) is 5.65 Å². The lowest BCUT2D eigenvalue weighted by atomic mass is 10.0. The molecule has 0 aliphatic heterocycles. The number of hydrogen-bond acceptors (Lipinski definition) is 4. The molecule has 0 aliphatic carbocycles. The van der Waals surface area contributed by atoms with Gasteiger partial charge in [-0.15, -0.1) is 0 Å². The summed E-state index contributed by atoms with van der Waals surface area (Å²) < 4.78 is 28.2. The van der Waals surface area contributed by atoms with E-state index in [2.05, 4.69) is 15.4 Å². The fourth-order valence-electron chi connectivity index (χ4n) is 3.20. The van der Waals surface area contributed by atoms with Gasteiger partial charge < -0.3 is 10.4 Å². The molecule has 8 heteroatoms. The number of carbonyl (C=O) groups is 1. The molecule has 0 radical (unpaired) electrons. The largest absolute Gasteiger partial charge is 0.493 e. The number of carbonyl (C=O) groups excluding carboxylic acids is 1. The van der Waals surface area contributed by atoms with Crippen LogP contribution in [0.5, 0.6) is 5.88 Å². The normalized spacial score (nSPS) is 11.0. The number of halogens is 2. The lowest BCUT2D eigenvalue weighted by molar-refractivity contribution is 0.0952. The van der Waals surface area contributed by atoms with Crippen molar-refractivity contribution in [1.82, 2.24) is 19.9 Å². The summed E-state index contributed by atoms with van der Waals surface area (Å²) in [5, 5.41) is 17.5. The number of rotatable bonds is 5. The maximum absolute atomic E-state index is 14.0. The van der Waals surface area contributed by atoms with Gasteiger partial charge in [-0.25, -0.2) is 13.8 Å². The van der Waals surface area contributed by atoms with Crippen LogP contribution in [-0.2, 0) is 13.0 Å². The summed E-state index contributed by atoms with van der Waals surface area (Å²) in [7, 11) is 0. The van der Waals surface area contributed by atoms with E-state index < -0.39 is 5.91 Å². The van der Waals surface area contributed by atoms with Crippen LogP contribution in [0.25, 0.3) is 5.65 Å². The maximum atomic E-state index is 14.0. The van der Waals surface area contributed by atoms with Crippen LogP contribution in [0.2, 0.25) is 0 Å². The monoisotopic (exact) mass is 408 g/mol. The van der Waals surface area contributed by atoms with Crippen molar-refractivity contribution in [1.29, 1.82) is 0 Å². The van der Waals surface area contributed by atoms with Gasteiger partial charge in [-0.3, -0.25) is 4.79 Å². The SMILES string of the molecule is Cc1nc2c(C(=O)NCc3ccc(F)cc3)cnn2c(O)c1Cc1ccccc1F. The lowest BCUT2D eigenvalue weighted by Crippen LogP contribution is -2.23. The smallest absolute Gasteiger partial charge is 0.257 e. The van der Waals surface area contributed by atoms with Crippen molar-refractivity contribution < 1.29 is 18.7 Å². The average molecular weight is 408 g/mol. The molecule has 2 aromatic heterocycles. The van der Waals surface area contributed by atoms with Gasteiger partial charge in [0.25, 0.3) is 5.91 Å². The first-order chi connectivity index (χ1) is 14.4. The second-order valence-electron chi connectivity index (χ2n) is 6.87. The van der Waals surface area contributed by atoms with E-state index in [1.54, 1.807) is 37.3 Å². The van der Waals surface area contributed by atoms with Gasteiger partial charge in [0, 0.05) is 24.2 Å². The minimum Gasteiger partial charge on any atom is -0.493 e. The highest BCUT2D eigenvalue weighted by atomic mass is 19.1. The molecular formula is C22H18F2N4O2. The molecule has 0 unspecified atom stereocenters. The summed E-state index contributed by atoms with van der Waals surface area (Å²) in [6.45, 7) is 1.88. The van der Waals surface area contributed by atoms with Crippen LogP contribution in [0.1, 0.15) is 32.7 Å². The molecule has 0 spiro atoms. The minimum atomic E-state index is -0.428. The summed E-state index contributed by atoms with van der Waals surface area (Å²) >= 11 is 0. The number of hydrogen-bond donors (Lipinski definition) is 2. The minimum absolute atomic E-state index is 0.138. The molecule has 2 aromatic carbocycles. The first-order valence-electron chi connectivity index (χ1n) is 9.26. The third-order valence-corrected chi connectivity index (χ3v) is 4.86. The Labute approximate surface area is 170 Å². The number of aryl methyl sites for hydroxylation is 1. The Morgan fingerprint density at radius 3 is 2.60 bits per heavy atom. The number of aromatic hydroxyl groups is 1. The number of fused-ring (bicyclic) bond motifs is 1. The Morgan fingerprint density at radius 2 is 1.87 bits per heavy atom. The van der Waals surface area contributed by atoms with E-state index in [9.17, 15) is 18.7 Å². The van der Waals surface area contributed by atoms with Gasteiger partial charge in [0.1, 0.15) is 17.2 Å². The molecule has 6 nitrogen and oxygen atoms in total. The van der Waals surface area contributed by atoms with Crippen LogP contribution in [0.4, 0.5) is 8.78 Å². The predicted octanol–water partition coefficient (Wildman–Crippen LogP) is 3.54. The predicted molar refractivity (Wildman–Crippen MR) is 106 cm³/mol. The van der Waals surface area contributed by atoms with Gasteiger partial charge in [-0.2, -0.15) is 9.61 Å². The average Bonchev–Trinajstić information content (AvgIpc) is 3.15. The summed E-state index contributed by atoms with van der Waals surface area (Å²) in [6.07, 6.45) is 1.45. The van der Waals surface area contributed by atoms with Crippen molar-refractivity contribution in [3.8, 4) is 5.88 Å². The molecule has 1 amide bonds. The van der Waals surface area contributed by atoms with Gasteiger partial charge in [-0.1, -0.05) is 30.3 Å². The van der Waals surface area contributed by atoms with E-state index in [4.69, 9.17) is 0 Å². The van der Waals surface area contributed by atoms with Crippen molar-refractivity contribution in [2.24, 2.45) is 0 Å². The molecule has 2 heterocycles. The summed E-state index contributed by atoms with van der Waals surface area (Å²) in [5.41, 5.74) is 2.43. The molecular weight excluding hydrogens is 390 g/mol. The number of benzene rings is 2. The fraction of sp³-hybridized carbons (Fsp3) is 0.136. The zero-order valence-corrected chi connectivity index (χ0v) is 16.1. The summed E-state index contributed by atoms with van der Waals surface area (Å²) in [6, 6.07) is 12.1. The van der Waals surface area contributed by atoms with Gasteiger partial charge >= 0.3 is 0 Å². The van der Waals surface area contributed by atoms with Crippen molar-refractivity contribution in [3.05, 3.63) is 94.3 Å². The van der Waals surface area contributed by atoms with Crippen LogP contribution in [-0.4, -0.2) is 25.6 Å². The zero-order chi connectivity index (χ0) is 21.3. The molecule has 0 atom stereocenters. The van der Waals surface area contributed by atoms with Gasteiger partial charge in [0.05, 0.1) is 6.20 Å². The third-order valence-electron chi connectivity index (χ3n) is 4.86. The molecule has 152 valence electrons. The maximum Gasteiger partial charge on any atom is 0.257 e. The number of nitrogens with one attached hydrogen (secondary N) is 1. The molecule has 30 heavy (non-hydrogen) atoms. The van der Waals surface area contributed by atoms with Gasteiger partial charge in [0.2, 0.25) is 5.88 Å². The van der Waals surface area contributed by atoms with Crippen LogP contribution in [0, 0.1) is 18.6 Å². The number of amides is 1. The van der Waals surface area contributed by atoms with E-state index >= 15 is 0 Å². The molecule has 2 N–H and O–H groups in total. The standard InChI is InChI=1S/C22H18F2N4O2/c1-13-17(10-15-4-2-3-5-19(15)24)22(30)28-20(27-13)18(12-26-28)21(29)25-11-14-6-8-16(23)9-7-14/h2-9,12,30H,10-11H2,1H3,(H,25,29).